The van der Waals surface area contributed by atoms with Gasteiger partial charge in [-0.25, -0.2) is 8.42 Å². The molecule has 2 aromatic rings. The van der Waals surface area contributed by atoms with Gasteiger partial charge in [-0.1, -0.05) is 24.3 Å². The quantitative estimate of drug-likeness (QED) is 0.850. The van der Waals surface area contributed by atoms with Gasteiger partial charge < -0.3 is 0 Å². The van der Waals surface area contributed by atoms with Crippen molar-refractivity contribution in [1.29, 1.82) is 0 Å². The maximum absolute atomic E-state index is 12.7. The number of sulfonamides is 1. The molecule has 5 nitrogen and oxygen atoms in total. The van der Waals surface area contributed by atoms with Gasteiger partial charge in [0.25, 0.3) is 0 Å². The van der Waals surface area contributed by atoms with Crippen LogP contribution in [0.25, 0.3) is 0 Å². The molecule has 2 fully saturated rings. The Morgan fingerprint density at radius 1 is 0.958 bits per heavy atom. The van der Waals surface area contributed by atoms with Gasteiger partial charge in [-0.3, -0.25) is 9.88 Å². The van der Waals surface area contributed by atoms with Gasteiger partial charge in [-0.05, 0) is 35.6 Å². The number of nitrogens with zero attached hydrogens (tertiary/aromatic N) is 3. The van der Waals surface area contributed by atoms with E-state index in [0.717, 1.165) is 19.6 Å². The van der Waals surface area contributed by atoms with Crippen molar-refractivity contribution in [2.45, 2.75) is 11.4 Å². The van der Waals surface area contributed by atoms with Crippen LogP contribution in [0, 0.1) is 11.8 Å². The van der Waals surface area contributed by atoms with Crippen molar-refractivity contribution >= 4 is 10.0 Å². The first-order valence-corrected chi connectivity index (χ1v) is 9.73. The molecule has 2 aliphatic rings. The average molecular weight is 343 g/mol. The van der Waals surface area contributed by atoms with Gasteiger partial charge in [-0.2, -0.15) is 4.31 Å². The Kier molecular flexibility index (Phi) is 4.12. The van der Waals surface area contributed by atoms with Crippen LogP contribution < -0.4 is 0 Å². The van der Waals surface area contributed by atoms with Crippen molar-refractivity contribution in [2.75, 3.05) is 26.2 Å². The molecule has 2 saturated heterocycles. The molecule has 0 N–H and O–H groups in total. The van der Waals surface area contributed by atoms with Crippen molar-refractivity contribution in [3.8, 4) is 0 Å². The number of hydrogen-bond donors (Lipinski definition) is 0. The van der Waals surface area contributed by atoms with E-state index >= 15 is 0 Å². The van der Waals surface area contributed by atoms with Crippen LogP contribution in [0.2, 0.25) is 0 Å². The highest BCUT2D eigenvalue weighted by molar-refractivity contribution is 7.89. The molecule has 0 aliphatic carbocycles. The number of rotatable bonds is 4. The topological polar surface area (TPSA) is 53.5 Å². The molecule has 0 saturated carbocycles. The first-order valence-electron chi connectivity index (χ1n) is 8.29. The summed E-state index contributed by atoms with van der Waals surface area (Å²) in [6.45, 7) is 4.07. The zero-order valence-corrected chi connectivity index (χ0v) is 14.3. The van der Waals surface area contributed by atoms with E-state index in [1.807, 2.05) is 18.3 Å². The van der Waals surface area contributed by atoms with E-state index < -0.39 is 10.0 Å². The van der Waals surface area contributed by atoms with Crippen LogP contribution in [-0.4, -0.2) is 48.8 Å². The van der Waals surface area contributed by atoms with Gasteiger partial charge in [0, 0.05) is 45.1 Å². The fourth-order valence-electron chi connectivity index (χ4n) is 3.86. The summed E-state index contributed by atoms with van der Waals surface area (Å²) >= 11 is 0. The zero-order valence-electron chi connectivity index (χ0n) is 13.5. The maximum Gasteiger partial charge on any atom is 0.243 e. The van der Waals surface area contributed by atoms with E-state index in [2.05, 4.69) is 16.0 Å². The molecular weight excluding hydrogens is 322 g/mol. The first-order chi connectivity index (χ1) is 11.6. The Balaban J connectivity index is 1.41. The smallest absolute Gasteiger partial charge is 0.243 e. The largest absolute Gasteiger partial charge is 0.298 e. The van der Waals surface area contributed by atoms with Crippen LogP contribution >= 0.6 is 0 Å². The average Bonchev–Trinajstić information content (AvgIpc) is 3.15. The van der Waals surface area contributed by atoms with Crippen LogP contribution in [0.3, 0.4) is 0 Å². The third-order valence-corrected chi connectivity index (χ3v) is 6.88. The number of aromatic nitrogens is 1. The number of fused-ring (bicyclic) bond motifs is 1. The van der Waals surface area contributed by atoms with Crippen molar-refractivity contribution in [1.82, 2.24) is 14.2 Å². The van der Waals surface area contributed by atoms with Crippen molar-refractivity contribution in [2.24, 2.45) is 11.8 Å². The highest BCUT2D eigenvalue weighted by Crippen LogP contribution is 2.34. The highest BCUT2D eigenvalue weighted by atomic mass is 32.2. The van der Waals surface area contributed by atoms with Gasteiger partial charge in [0.15, 0.2) is 0 Å². The number of benzene rings is 1. The van der Waals surface area contributed by atoms with Crippen LogP contribution in [0.15, 0.2) is 59.8 Å². The van der Waals surface area contributed by atoms with Crippen molar-refractivity contribution < 1.29 is 8.42 Å². The van der Waals surface area contributed by atoms with Gasteiger partial charge in [0.2, 0.25) is 10.0 Å². The lowest BCUT2D eigenvalue weighted by atomic mass is 10.0. The van der Waals surface area contributed by atoms with Gasteiger partial charge in [0.1, 0.15) is 0 Å². The Morgan fingerprint density at radius 2 is 1.67 bits per heavy atom. The van der Waals surface area contributed by atoms with Crippen LogP contribution in [0.5, 0.6) is 0 Å². The summed E-state index contributed by atoms with van der Waals surface area (Å²) in [4.78, 5) is 6.98. The van der Waals surface area contributed by atoms with Gasteiger partial charge >= 0.3 is 0 Å². The molecule has 6 heteroatoms. The number of pyridine rings is 1. The lowest BCUT2D eigenvalue weighted by Crippen LogP contribution is -2.33. The third-order valence-electron chi connectivity index (χ3n) is 5.04. The van der Waals surface area contributed by atoms with Crippen LogP contribution in [-0.2, 0) is 16.6 Å². The monoisotopic (exact) mass is 343 g/mol. The summed E-state index contributed by atoms with van der Waals surface area (Å²) in [6.07, 6.45) is 3.69. The van der Waals surface area contributed by atoms with E-state index in [1.165, 1.54) is 5.56 Å². The molecule has 4 rings (SSSR count). The summed E-state index contributed by atoms with van der Waals surface area (Å²) < 4.78 is 27.2. The van der Waals surface area contributed by atoms with Crippen LogP contribution in [0.1, 0.15) is 5.56 Å². The maximum atomic E-state index is 12.7. The molecule has 3 heterocycles. The minimum atomic E-state index is -3.35. The molecule has 2 unspecified atom stereocenters. The van der Waals surface area contributed by atoms with Crippen molar-refractivity contribution in [3.05, 3.63) is 60.4 Å². The molecule has 0 bridgehead atoms. The highest BCUT2D eigenvalue weighted by Gasteiger charge is 2.44. The molecule has 0 spiro atoms. The summed E-state index contributed by atoms with van der Waals surface area (Å²) in [5.41, 5.74) is 1.21. The molecule has 0 radical (unpaired) electrons. The van der Waals surface area contributed by atoms with E-state index in [4.69, 9.17) is 0 Å². The van der Waals surface area contributed by atoms with E-state index in [0.29, 0.717) is 29.8 Å². The Bertz CT molecular complexity index is 782. The Morgan fingerprint density at radius 3 is 2.29 bits per heavy atom. The lowest BCUT2D eigenvalue weighted by molar-refractivity contribution is 0.289. The van der Waals surface area contributed by atoms with E-state index in [9.17, 15) is 8.42 Å². The summed E-state index contributed by atoms with van der Waals surface area (Å²) in [5, 5.41) is 0. The third kappa shape index (κ3) is 2.97. The molecule has 2 aliphatic heterocycles. The molecule has 24 heavy (non-hydrogen) atoms. The molecule has 0 amide bonds. The van der Waals surface area contributed by atoms with Crippen LogP contribution in [0.4, 0.5) is 0 Å². The normalized spacial score (nSPS) is 25.0. The second kappa shape index (κ2) is 6.27. The second-order valence-corrected chi connectivity index (χ2v) is 8.65. The predicted octanol–water partition coefficient (Wildman–Crippen LogP) is 1.83. The van der Waals surface area contributed by atoms with E-state index in [-0.39, 0.29) is 0 Å². The Hall–Kier alpha value is -1.76. The SMILES string of the molecule is O=S(=O)(c1ccccc1)N1CC2CN(Cc3cccnc3)CC2C1. The standard InChI is InChI=1S/C18H21N3O2S/c22-24(23,18-6-2-1-3-7-18)21-13-16-11-20(12-17(16)14-21)10-15-5-4-8-19-9-15/h1-9,16-17H,10-14H2. The fraction of sp³-hybridized carbons (Fsp3) is 0.389. The van der Waals surface area contributed by atoms with E-state index in [1.54, 1.807) is 34.8 Å². The lowest BCUT2D eigenvalue weighted by Gasteiger charge is -2.21. The summed E-state index contributed by atoms with van der Waals surface area (Å²) in [6, 6.07) is 12.8. The predicted molar refractivity (Wildman–Crippen MR) is 91.7 cm³/mol. The first kappa shape index (κ1) is 15.7. The summed E-state index contributed by atoms with van der Waals surface area (Å²) in [5.74, 6) is 0.861. The van der Waals surface area contributed by atoms with Crippen molar-refractivity contribution in [3.63, 3.8) is 0 Å². The number of likely N-dealkylation sites (tertiary alicyclic amines) is 1. The summed E-state index contributed by atoms with van der Waals surface area (Å²) in [7, 11) is -3.35. The molecule has 2 atom stereocenters. The van der Waals surface area contributed by atoms with Gasteiger partial charge in [-0.15, -0.1) is 0 Å². The molecule has 126 valence electrons. The zero-order chi connectivity index (χ0) is 16.6. The molecule has 1 aromatic heterocycles. The fourth-order valence-corrected chi connectivity index (χ4v) is 5.44. The molecule has 1 aromatic carbocycles. The molecular formula is C18H21N3O2S. The minimum absolute atomic E-state index is 0.400. The second-order valence-electron chi connectivity index (χ2n) is 6.71. The van der Waals surface area contributed by atoms with Gasteiger partial charge in [0.05, 0.1) is 4.90 Å². The Labute approximate surface area is 143 Å². The minimum Gasteiger partial charge on any atom is -0.298 e. The number of hydrogen-bond acceptors (Lipinski definition) is 4.